The number of aryl methyl sites for hydroxylation is 1. The van der Waals surface area contributed by atoms with Gasteiger partial charge in [0.2, 0.25) is 0 Å². The van der Waals surface area contributed by atoms with Crippen LogP contribution in [0.15, 0.2) is 23.1 Å². The highest BCUT2D eigenvalue weighted by molar-refractivity contribution is 7.99. The van der Waals surface area contributed by atoms with Crippen LogP contribution in [0.2, 0.25) is 0 Å². The zero-order valence-electron chi connectivity index (χ0n) is 11.8. The second-order valence-corrected chi connectivity index (χ2v) is 5.47. The van der Waals surface area contributed by atoms with Gasteiger partial charge in [-0.2, -0.15) is 0 Å². The number of hydrogen-bond donors (Lipinski definition) is 1. The molecule has 2 aromatic rings. The maximum Gasteiger partial charge on any atom is 0.306 e. The minimum Gasteiger partial charge on any atom is -0.469 e. The van der Waals surface area contributed by atoms with E-state index in [9.17, 15) is 4.79 Å². The highest BCUT2D eigenvalue weighted by Crippen LogP contribution is 2.25. The molecule has 2 rings (SSSR count). The van der Waals surface area contributed by atoms with Gasteiger partial charge in [-0.1, -0.05) is 0 Å². The van der Waals surface area contributed by atoms with E-state index in [1.165, 1.54) is 7.11 Å². The van der Waals surface area contributed by atoms with Crippen molar-refractivity contribution in [3.05, 3.63) is 24.0 Å². The summed E-state index contributed by atoms with van der Waals surface area (Å²) in [6.07, 6.45) is 0.417. The van der Waals surface area contributed by atoms with Crippen molar-refractivity contribution >= 4 is 28.8 Å². The first-order chi connectivity index (χ1) is 9.69. The number of nitrogens with zero attached hydrogens (tertiary/aromatic N) is 2. The van der Waals surface area contributed by atoms with E-state index >= 15 is 0 Å². The molecule has 20 heavy (non-hydrogen) atoms. The molecular formula is C14H19N3O2S. The summed E-state index contributed by atoms with van der Waals surface area (Å²) >= 11 is 1.64. The van der Waals surface area contributed by atoms with Crippen molar-refractivity contribution in [1.29, 1.82) is 0 Å². The number of thioether (sulfide) groups is 1. The molecule has 0 unspecified atom stereocenters. The third-order valence-electron chi connectivity index (χ3n) is 3.10. The molecule has 0 bridgehead atoms. The van der Waals surface area contributed by atoms with E-state index in [1.54, 1.807) is 11.8 Å². The van der Waals surface area contributed by atoms with Crippen molar-refractivity contribution in [2.75, 3.05) is 12.9 Å². The Morgan fingerprint density at radius 2 is 2.30 bits per heavy atom. The first-order valence-electron chi connectivity index (χ1n) is 6.58. The maximum absolute atomic E-state index is 11.1. The lowest BCUT2D eigenvalue weighted by atomic mass is 10.3. The normalized spacial score (nSPS) is 10.9. The molecule has 1 aromatic carbocycles. The Labute approximate surface area is 122 Å². The summed E-state index contributed by atoms with van der Waals surface area (Å²) < 4.78 is 6.76. The van der Waals surface area contributed by atoms with E-state index in [-0.39, 0.29) is 5.97 Å². The van der Waals surface area contributed by atoms with E-state index in [0.29, 0.717) is 18.7 Å². The topological polar surface area (TPSA) is 70.1 Å². The average molecular weight is 293 g/mol. The fourth-order valence-electron chi connectivity index (χ4n) is 2.11. The highest BCUT2D eigenvalue weighted by Gasteiger charge is 2.09. The fourth-order valence-corrected chi connectivity index (χ4v) is 2.97. The van der Waals surface area contributed by atoms with Gasteiger partial charge < -0.3 is 15.0 Å². The zero-order chi connectivity index (χ0) is 14.5. The lowest BCUT2D eigenvalue weighted by molar-refractivity contribution is -0.140. The molecular weight excluding hydrogens is 274 g/mol. The number of fused-ring (bicyclic) bond motifs is 1. The molecule has 1 aromatic heterocycles. The third-order valence-corrected chi connectivity index (χ3v) is 4.10. The Kier molecular flexibility index (Phi) is 5.03. The number of benzene rings is 1. The Morgan fingerprint density at radius 1 is 1.50 bits per heavy atom. The van der Waals surface area contributed by atoms with Crippen molar-refractivity contribution in [2.45, 2.75) is 31.3 Å². The average Bonchev–Trinajstić information content (AvgIpc) is 2.83. The molecule has 6 heteroatoms. The molecule has 108 valence electrons. The Morgan fingerprint density at radius 3 is 2.95 bits per heavy atom. The molecule has 2 N–H and O–H groups in total. The van der Waals surface area contributed by atoms with Gasteiger partial charge in [-0.05, 0) is 25.1 Å². The van der Waals surface area contributed by atoms with Crippen LogP contribution in [0.3, 0.4) is 0 Å². The van der Waals surface area contributed by atoms with E-state index in [1.807, 2.05) is 12.1 Å². The number of hydrogen-bond acceptors (Lipinski definition) is 5. The molecule has 0 aliphatic rings. The van der Waals surface area contributed by atoms with Gasteiger partial charge in [0.15, 0.2) is 0 Å². The number of rotatable bonds is 6. The maximum atomic E-state index is 11.1. The SMILES string of the molecule is CCn1c(CN)nc2ccc(SCCC(=O)OC)cc21. The van der Waals surface area contributed by atoms with Crippen LogP contribution < -0.4 is 5.73 Å². The molecule has 0 radical (unpaired) electrons. The molecule has 0 aliphatic heterocycles. The summed E-state index contributed by atoms with van der Waals surface area (Å²) in [6, 6.07) is 6.13. The summed E-state index contributed by atoms with van der Waals surface area (Å²) in [5.74, 6) is 1.43. The number of carbonyl (C=O) groups is 1. The number of nitrogens with two attached hydrogens (primary N) is 1. The number of imidazole rings is 1. The van der Waals surface area contributed by atoms with E-state index in [2.05, 4.69) is 27.3 Å². The fraction of sp³-hybridized carbons (Fsp3) is 0.429. The predicted octanol–water partition coefficient (Wildman–Crippen LogP) is 2.17. The molecule has 0 aliphatic carbocycles. The van der Waals surface area contributed by atoms with Gasteiger partial charge in [0.1, 0.15) is 5.82 Å². The van der Waals surface area contributed by atoms with Gasteiger partial charge >= 0.3 is 5.97 Å². The van der Waals surface area contributed by atoms with Crippen molar-refractivity contribution < 1.29 is 9.53 Å². The second kappa shape index (κ2) is 6.76. The largest absolute Gasteiger partial charge is 0.469 e. The number of methoxy groups -OCH3 is 1. The van der Waals surface area contributed by atoms with Crippen LogP contribution >= 0.6 is 11.8 Å². The number of ether oxygens (including phenoxy) is 1. The van der Waals surface area contributed by atoms with Crippen molar-refractivity contribution in [2.24, 2.45) is 5.73 Å². The van der Waals surface area contributed by atoms with Crippen LogP contribution in [-0.2, 0) is 22.6 Å². The van der Waals surface area contributed by atoms with Gasteiger partial charge in [0, 0.05) is 17.2 Å². The zero-order valence-corrected chi connectivity index (χ0v) is 12.6. The first kappa shape index (κ1) is 14.9. The van der Waals surface area contributed by atoms with Gasteiger partial charge in [-0.15, -0.1) is 11.8 Å². The van der Waals surface area contributed by atoms with Crippen molar-refractivity contribution in [1.82, 2.24) is 9.55 Å². The molecule has 0 saturated carbocycles. The summed E-state index contributed by atoms with van der Waals surface area (Å²) in [5.41, 5.74) is 7.77. The monoisotopic (exact) mass is 293 g/mol. The molecule has 5 nitrogen and oxygen atoms in total. The molecule has 0 amide bonds. The van der Waals surface area contributed by atoms with Crippen molar-refractivity contribution in [3.63, 3.8) is 0 Å². The highest BCUT2D eigenvalue weighted by atomic mass is 32.2. The molecule has 0 atom stereocenters. The summed E-state index contributed by atoms with van der Waals surface area (Å²) in [6.45, 7) is 3.37. The smallest absolute Gasteiger partial charge is 0.306 e. The second-order valence-electron chi connectivity index (χ2n) is 4.30. The Bertz CT molecular complexity index is 610. The standard InChI is InChI=1S/C14H19N3O2S/c1-3-17-12-8-10(20-7-6-14(18)19-2)4-5-11(12)16-13(17)9-15/h4-5,8H,3,6-7,9,15H2,1-2H3. The summed E-state index contributed by atoms with van der Waals surface area (Å²) in [7, 11) is 1.41. The lowest BCUT2D eigenvalue weighted by Gasteiger charge is -2.05. The Balaban J connectivity index is 2.17. The van der Waals surface area contributed by atoms with Gasteiger partial charge in [-0.25, -0.2) is 4.98 Å². The van der Waals surface area contributed by atoms with Crippen LogP contribution in [0.25, 0.3) is 11.0 Å². The molecule has 0 fully saturated rings. The number of aromatic nitrogens is 2. The van der Waals surface area contributed by atoms with Crippen LogP contribution in [0.5, 0.6) is 0 Å². The van der Waals surface area contributed by atoms with Crippen LogP contribution in [-0.4, -0.2) is 28.4 Å². The Hall–Kier alpha value is -1.53. The van der Waals surface area contributed by atoms with Gasteiger partial charge in [-0.3, -0.25) is 4.79 Å². The van der Waals surface area contributed by atoms with E-state index in [0.717, 1.165) is 28.3 Å². The minimum absolute atomic E-state index is 0.178. The molecule has 0 spiro atoms. The van der Waals surface area contributed by atoms with E-state index in [4.69, 9.17) is 5.73 Å². The number of carbonyl (C=O) groups excluding carboxylic acids is 1. The molecule has 0 saturated heterocycles. The van der Waals surface area contributed by atoms with Crippen LogP contribution in [0.1, 0.15) is 19.2 Å². The van der Waals surface area contributed by atoms with Crippen LogP contribution in [0.4, 0.5) is 0 Å². The van der Waals surface area contributed by atoms with Crippen LogP contribution in [0, 0.1) is 0 Å². The summed E-state index contributed by atoms with van der Waals surface area (Å²) in [5, 5.41) is 0. The van der Waals surface area contributed by atoms with Gasteiger partial charge in [0.25, 0.3) is 0 Å². The molecule has 1 heterocycles. The predicted molar refractivity (Wildman–Crippen MR) is 80.7 cm³/mol. The first-order valence-corrected chi connectivity index (χ1v) is 7.57. The summed E-state index contributed by atoms with van der Waals surface area (Å²) in [4.78, 5) is 16.7. The quantitative estimate of drug-likeness (QED) is 0.653. The van der Waals surface area contributed by atoms with Gasteiger partial charge in [0.05, 0.1) is 31.1 Å². The van der Waals surface area contributed by atoms with E-state index < -0.39 is 0 Å². The number of esters is 1. The minimum atomic E-state index is -0.178. The van der Waals surface area contributed by atoms with Crippen molar-refractivity contribution in [3.8, 4) is 0 Å². The third kappa shape index (κ3) is 3.13. The lowest BCUT2D eigenvalue weighted by Crippen LogP contribution is -2.06.